The van der Waals surface area contributed by atoms with E-state index in [4.69, 9.17) is 0 Å². The Morgan fingerprint density at radius 2 is 2.00 bits per heavy atom. The summed E-state index contributed by atoms with van der Waals surface area (Å²) in [4.78, 5) is 35.2. The van der Waals surface area contributed by atoms with Crippen molar-refractivity contribution >= 4 is 28.7 Å². The maximum absolute atomic E-state index is 12.9. The molecule has 2 aromatic heterocycles. The van der Waals surface area contributed by atoms with Gasteiger partial charge >= 0.3 is 0 Å². The number of nitrogens with zero attached hydrogens (tertiary/aromatic N) is 3. The molecule has 3 rings (SSSR count). The molecule has 0 spiro atoms. The van der Waals surface area contributed by atoms with E-state index in [1.165, 1.54) is 11.8 Å². The van der Waals surface area contributed by atoms with Crippen LogP contribution in [0, 0.1) is 6.92 Å². The Balaban J connectivity index is 1.81. The lowest BCUT2D eigenvalue weighted by Gasteiger charge is -2.21. The average Bonchev–Trinajstić information content (AvgIpc) is 3.05. The maximum Gasteiger partial charge on any atom is 0.278 e. The van der Waals surface area contributed by atoms with Crippen LogP contribution in [0.1, 0.15) is 38.1 Å². The third-order valence-electron chi connectivity index (χ3n) is 4.58. The van der Waals surface area contributed by atoms with Gasteiger partial charge < -0.3 is 9.88 Å². The van der Waals surface area contributed by atoms with Gasteiger partial charge in [0.25, 0.3) is 5.56 Å². The number of benzene rings is 1. The van der Waals surface area contributed by atoms with E-state index in [1.54, 1.807) is 4.57 Å². The predicted molar refractivity (Wildman–Crippen MR) is 114 cm³/mol. The number of nitrogens with one attached hydrogen (secondary N) is 1. The van der Waals surface area contributed by atoms with Gasteiger partial charge in [-0.05, 0) is 39.3 Å². The average molecular weight is 399 g/mol. The number of carbonyl (C=O) groups is 1. The van der Waals surface area contributed by atoms with Gasteiger partial charge in [-0.3, -0.25) is 14.2 Å². The van der Waals surface area contributed by atoms with Crippen LogP contribution < -0.4 is 5.56 Å². The van der Waals surface area contributed by atoms with Crippen LogP contribution in [0.4, 0.5) is 0 Å². The minimum atomic E-state index is -0.0975. The number of aromatic nitrogens is 3. The summed E-state index contributed by atoms with van der Waals surface area (Å²) in [6.45, 7) is 8.99. The van der Waals surface area contributed by atoms with Crippen LogP contribution in [0.2, 0.25) is 0 Å². The summed E-state index contributed by atoms with van der Waals surface area (Å²) in [5.41, 5.74) is 3.06. The van der Waals surface area contributed by atoms with Gasteiger partial charge in [-0.2, -0.15) is 0 Å². The van der Waals surface area contributed by atoms with Crippen LogP contribution in [0.5, 0.6) is 0 Å². The Hall–Kier alpha value is -2.54. The number of hydrogen-bond donors (Lipinski definition) is 1. The molecular weight excluding hydrogens is 372 g/mol. The smallest absolute Gasteiger partial charge is 0.278 e. The normalized spacial score (nSPS) is 11.3. The van der Waals surface area contributed by atoms with Gasteiger partial charge in [0.15, 0.2) is 5.16 Å². The van der Waals surface area contributed by atoms with E-state index in [1.807, 2.05) is 69.0 Å². The van der Waals surface area contributed by atoms with Crippen molar-refractivity contribution in [3.63, 3.8) is 0 Å². The Labute approximate surface area is 169 Å². The van der Waals surface area contributed by atoms with Crippen molar-refractivity contribution in [2.24, 2.45) is 0 Å². The third kappa shape index (κ3) is 4.30. The molecule has 28 heavy (non-hydrogen) atoms. The van der Waals surface area contributed by atoms with Crippen molar-refractivity contribution in [2.75, 3.05) is 12.3 Å². The maximum atomic E-state index is 12.9. The van der Waals surface area contributed by atoms with Crippen molar-refractivity contribution in [1.29, 1.82) is 0 Å². The zero-order chi connectivity index (χ0) is 20.3. The highest BCUT2D eigenvalue weighted by molar-refractivity contribution is 7.99. The van der Waals surface area contributed by atoms with Gasteiger partial charge in [-0.25, -0.2) is 4.98 Å². The molecule has 0 saturated heterocycles. The fourth-order valence-electron chi connectivity index (χ4n) is 3.14. The van der Waals surface area contributed by atoms with E-state index < -0.39 is 0 Å². The highest BCUT2D eigenvalue weighted by Crippen LogP contribution is 2.22. The number of amides is 1. The molecule has 0 unspecified atom stereocenters. The molecule has 1 N–H and O–H groups in total. The second-order valence-electron chi connectivity index (χ2n) is 7.06. The lowest BCUT2D eigenvalue weighted by molar-refractivity contribution is -0.128. The number of H-pyrrole nitrogens is 1. The number of carbonyl (C=O) groups excluding carboxylic acids is 1. The van der Waals surface area contributed by atoms with Crippen molar-refractivity contribution in [3.8, 4) is 0 Å². The summed E-state index contributed by atoms with van der Waals surface area (Å²) in [5.74, 6) is 0.278. The largest absolute Gasteiger partial charge is 0.353 e. The van der Waals surface area contributed by atoms with E-state index in [2.05, 4.69) is 9.97 Å². The summed E-state index contributed by atoms with van der Waals surface area (Å²) < 4.78 is 1.66. The predicted octanol–water partition coefficient (Wildman–Crippen LogP) is 3.75. The number of rotatable bonds is 7. The first-order chi connectivity index (χ1) is 13.4. The van der Waals surface area contributed by atoms with E-state index in [0.717, 1.165) is 11.3 Å². The molecule has 0 aliphatic rings. The number of fused-ring (bicyclic) bond motifs is 1. The van der Waals surface area contributed by atoms with Crippen LogP contribution >= 0.6 is 11.8 Å². The number of hydrogen-bond acceptors (Lipinski definition) is 4. The number of aryl methyl sites for hydroxylation is 1. The second-order valence-corrected chi connectivity index (χ2v) is 8.00. The van der Waals surface area contributed by atoms with E-state index in [9.17, 15) is 9.59 Å². The fraction of sp³-hybridized carbons (Fsp3) is 0.381. The Bertz CT molecular complexity index is 1020. The summed E-state index contributed by atoms with van der Waals surface area (Å²) in [5, 5.41) is 0.579. The van der Waals surface area contributed by atoms with Crippen LogP contribution in [-0.4, -0.2) is 37.6 Å². The zero-order valence-corrected chi connectivity index (χ0v) is 17.5. The Kier molecular flexibility index (Phi) is 6.24. The quantitative estimate of drug-likeness (QED) is 0.486. The Morgan fingerprint density at radius 3 is 2.64 bits per heavy atom. The van der Waals surface area contributed by atoms with Crippen molar-refractivity contribution in [1.82, 2.24) is 19.4 Å². The molecule has 0 aliphatic heterocycles. The summed E-state index contributed by atoms with van der Waals surface area (Å²) in [6.07, 6.45) is 0. The summed E-state index contributed by atoms with van der Waals surface area (Å²) in [7, 11) is 0. The number of aromatic amines is 1. The molecule has 1 amide bonds. The molecule has 0 aliphatic carbocycles. The first-order valence-corrected chi connectivity index (χ1v) is 10.5. The lowest BCUT2D eigenvalue weighted by Crippen LogP contribution is -2.32. The van der Waals surface area contributed by atoms with E-state index in [0.29, 0.717) is 29.3 Å². The second kappa shape index (κ2) is 8.65. The van der Waals surface area contributed by atoms with Crippen LogP contribution in [0.25, 0.3) is 11.0 Å². The first-order valence-electron chi connectivity index (χ1n) is 9.47. The summed E-state index contributed by atoms with van der Waals surface area (Å²) in [6, 6.07) is 11.8. The molecule has 0 saturated carbocycles. The molecule has 6 nitrogen and oxygen atoms in total. The molecular formula is C21H26N4O2S. The highest BCUT2D eigenvalue weighted by atomic mass is 32.2. The molecule has 1 aromatic carbocycles. The molecule has 0 fully saturated rings. The monoisotopic (exact) mass is 398 g/mol. The van der Waals surface area contributed by atoms with Gasteiger partial charge in [0.05, 0.1) is 11.3 Å². The first kappa shape index (κ1) is 20.2. The molecule has 0 bridgehead atoms. The van der Waals surface area contributed by atoms with E-state index in [-0.39, 0.29) is 23.3 Å². The minimum Gasteiger partial charge on any atom is -0.353 e. The number of thioether (sulfide) groups is 1. The van der Waals surface area contributed by atoms with Crippen molar-refractivity contribution in [2.45, 2.75) is 45.4 Å². The lowest BCUT2D eigenvalue weighted by atomic mass is 10.2. The van der Waals surface area contributed by atoms with E-state index >= 15 is 0 Å². The zero-order valence-electron chi connectivity index (χ0n) is 16.7. The van der Waals surface area contributed by atoms with Crippen molar-refractivity contribution in [3.05, 3.63) is 58.0 Å². The van der Waals surface area contributed by atoms with Gasteiger partial charge in [-0.1, -0.05) is 42.1 Å². The highest BCUT2D eigenvalue weighted by Gasteiger charge is 2.18. The molecule has 0 atom stereocenters. The minimum absolute atomic E-state index is 0.0336. The van der Waals surface area contributed by atoms with Gasteiger partial charge in [0.2, 0.25) is 5.91 Å². The van der Waals surface area contributed by atoms with Crippen LogP contribution in [-0.2, 0) is 11.3 Å². The molecule has 7 heteroatoms. The van der Waals surface area contributed by atoms with Gasteiger partial charge in [-0.15, -0.1) is 0 Å². The molecule has 148 valence electrons. The fourth-order valence-corrected chi connectivity index (χ4v) is 4.18. The Morgan fingerprint density at radius 1 is 1.29 bits per heavy atom. The molecule has 2 heterocycles. The third-order valence-corrected chi connectivity index (χ3v) is 5.52. The van der Waals surface area contributed by atoms with Crippen LogP contribution in [0.15, 0.2) is 46.3 Å². The SMILES string of the molecule is CCN(Cc1ccccc1)C(=O)CSc1nc2cc(C)[nH]c2c(=O)n1C(C)C. The summed E-state index contributed by atoms with van der Waals surface area (Å²) >= 11 is 1.32. The van der Waals surface area contributed by atoms with Gasteiger partial charge in [0, 0.05) is 24.8 Å². The van der Waals surface area contributed by atoms with Gasteiger partial charge in [0.1, 0.15) is 5.52 Å². The topological polar surface area (TPSA) is 71.0 Å². The standard InChI is InChI=1S/C21H26N4O2S/c1-5-24(12-16-9-7-6-8-10-16)18(26)13-28-21-23-17-11-15(4)22-19(17)20(27)25(21)14(2)3/h6-11,14,22H,5,12-13H2,1-4H3. The van der Waals surface area contributed by atoms with Crippen LogP contribution in [0.3, 0.4) is 0 Å². The van der Waals surface area contributed by atoms with Crippen molar-refractivity contribution < 1.29 is 4.79 Å². The molecule has 3 aromatic rings. The molecule has 0 radical (unpaired) electrons.